The van der Waals surface area contributed by atoms with Gasteiger partial charge in [0.1, 0.15) is 0 Å². The zero-order chi connectivity index (χ0) is 13.2. The molecule has 0 spiro atoms. The van der Waals surface area contributed by atoms with Gasteiger partial charge < -0.3 is 15.4 Å². The highest BCUT2D eigenvalue weighted by Gasteiger charge is 2.17. The number of fused-ring (bicyclic) bond motifs is 3. The van der Waals surface area contributed by atoms with E-state index in [1.807, 2.05) is 42.8 Å². The summed E-state index contributed by atoms with van der Waals surface area (Å²) in [5.41, 5.74) is 2.47. The molecule has 0 radical (unpaired) electrons. The van der Waals surface area contributed by atoms with Crippen LogP contribution in [-0.4, -0.2) is 12.6 Å². The van der Waals surface area contributed by atoms with Gasteiger partial charge in [-0.05, 0) is 25.1 Å². The van der Waals surface area contributed by atoms with Crippen LogP contribution in [0.15, 0.2) is 30.6 Å². The number of hydrogen-bond acceptors (Lipinski definition) is 4. The van der Waals surface area contributed by atoms with E-state index in [1.54, 1.807) is 6.92 Å². The number of carbonyl (C=O) groups excluding carboxylic acids is 1. The van der Waals surface area contributed by atoms with Crippen molar-refractivity contribution in [2.24, 2.45) is 0 Å². The third-order valence-electron chi connectivity index (χ3n) is 3.08. The molecule has 0 aromatic heterocycles. The second kappa shape index (κ2) is 4.65. The van der Waals surface area contributed by atoms with E-state index in [-0.39, 0.29) is 5.97 Å². The average Bonchev–Trinajstić information content (AvgIpc) is 2.46. The first-order valence-electron chi connectivity index (χ1n) is 6.22. The number of ether oxygens (including phenoxy) is 1. The van der Waals surface area contributed by atoms with Gasteiger partial charge in [-0.1, -0.05) is 12.2 Å². The Kier molecular flexibility index (Phi) is 2.83. The lowest BCUT2D eigenvalue weighted by atomic mass is 10.0. The zero-order valence-corrected chi connectivity index (χ0v) is 10.6. The van der Waals surface area contributed by atoms with Crippen LogP contribution in [0.25, 0.3) is 12.2 Å². The molecular formula is C15H14N2O2. The van der Waals surface area contributed by atoms with E-state index in [1.165, 1.54) is 0 Å². The number of esters is 1. The highest BCUT2D eigenvalue weighted by molar-refractivity contribution is 5.94. The van der Waals surface area contributed by atoms with Crippen molar-refractivity contribution in [2.45, 2.75) is 6.92 Å². The minimum Gasteiger partial charge on any atom is -0.462 e. The van der Waals surface area contributed by atoms with E-state index in [0.717, 1.165) is 21.8 Å². The van der Waals surface area contributed by atoms with E-state index in [0.29, 0.717) is 12.2 Å². The average molecular weight is 254 g/mol. The molecule has 96 valence electrons. The molecule has 0 bridgehead atoms. The minimum absolute atomic E-state index is 0.294. The smallest absolute Gasteiger partial charge is 0.338 e. The first kappa shape index (κ1) is 11.6. The van der Waals surface area contributed by atoms with Gasteiger partial charge in [0.25, 0.3) is 0 Å². The van der Waals surface area contributed by atoms with Crippen LogP contribution in [0.4, 0.5) is 11.4 Å². The van der Waals surface area contributed by atoms with E-state index in [4.69, 9.17) is 4.74 Å². The second-order valence-corrected chi connectivity index (χ2v) is 4.24. The maximum Gasteiger partial charge on any atom is 0.338 e. The zero-order valence-electron chi connectivity index (χ0n) is 10.6. The van der Waals surface area contributed by atoms with E-state index >= 15 is 0 Å². The maximum absolute atomic E-state index is 12.1. The minimum atomic E-state index is -0.294. The normalized spacial score (nSPS) is 14.2. The predicted octanol–water partition coefficient (Wildman–Crippen LogP) is 1.30. The number of rotatable bonds is 2. The topological polar surface area (TPSA) is 50.4 Å². The van der Waals surface area contributed by atoms with Crippen LogP contribution < -0.4 is 21.1 Å². The van der Waals surface area contributed by atoms with Gasteiger partial charge in [0.2, 0.25) is 0 Å². The molecule has 1 aromatic carbocycles. The third kappa shape index (κ3) is 1.91. The largest absolute Gasteiger partial charge is 0.462 e. The van der Waals surface area contributed by atoms with Gasteiger partial charge in [-0.2, -0.15) is 0 Å². The Morgan fingerprint density at radius 2 is 1.89 bits per heavy atom. The van der Waals surface area contributed by atoms with Crippen molar-refractivity contribution in [3.05, 3.63) is 46.6 Å². The first-order valence-corrected chi connectivity index (χ1v) is 6.22. The molecule has 19 heavy (non-hydrogen) atoms. The Balaban J connectivity index is 2.29. The number of nitrogens with one attached hydrogen (secondary N) is 2. The van der Waals surface area contributed by atoms with E-state index in [9.17, 15) is 4.79 Å². The first-order chi connectivity index (χ1) is 9.31. The van der Waals surface area contributed by atoms with Crippen molar-refractivity contribution >= 4 is 29.5 Å². The van der Waals surface area contributed by atoms with Gasteiger partial charge in [-0.3, -0.25) is 0 Å². The maximum atomic E-state index is 12.1. The SMILES string of the molecule is CCOC(=O)c1cc2c(c3c1=CC=CN3)NC=CC=2. The molecule has 3 rings (SSSR count). The fourth-order valence-corrected chi connectivity index (χ4v) is 2.27. The van der Waals surface area contributed by atoms with Crippen LogP contribution in [0.2, 0.25) is 0 Å². The summed E-state index contributed by atoms with van der Waals surface area (Å²) >= 11 is 0. The highest BCUT2D eigenvalue weighted by Crippen LogP contribution is 2.18. The second-order valence-electron chi connectivity index (χ2n) is 4.24. The molecule has 0 amide bonds. The van der Waals surface area contributed by atoms with Gasteiger partial charge in [0.15, 0.2) is 0 Å². The lowest BCUT2D eigenvalue weighted by Crippen LogP contribution is -2.28. The van der Waals surface area contributed by atoms with Gasteiger partial charge in [0.05, 0.1) is 23.5 Å². The number of hydrogen-bond donors (Lipinski definition) is 2. The Morgan fingerprint density at radius 3 is 2.68 bits per heavy atom. The standard InChI is InChI=1S/C15H14N2O2/c1-2-19-15(18)12-9-10-5-3-7-16-13(10)14-11(12)6-4-8-17-14/h3-9,16-17H,2H2,1H3. The number of carbonyl (C=O) groups is 1. The van der Waals surface area contributed by atoms with Crippen molar-refractivity contribution in [3.8, 4) is 0 Å². The molecule has 2 N–H and O–H groups in total. The Bertz CT molecular complexity index is 715. The Morgan fingerprint density at radius 1 is 1.16 bits per heavy atom. The van der Waals surface area contributed by atoms with Crippen molar-refractivity contribution in [3.63, 3.8) is 0 Å². The Labute approximate surface area is 110 Å². The van der Waals surface area contributed by atoms with Crippen molar-refractivity contribution in [1.82, 2.24) is 0 Å². The Hall–Kier alpha value is -2.49. The molecule has 4 nitrogen and oxygen atoms in total. The van der Waals surface area contributed by atoms with Gasteiger partial charge in [-0.15, -0.1) is 0 Å². The molecule has 0 aliphatic carbocycles. The number of benzene rings is 1. The van der Waals surface area contributed by atoms with Crippen molar-refractivity contribution in [1.29, 1.82) is 0 Å². The summed E-state index contributed by atoms with van der Waals surface area (Å²) < 4.78 is 5.12. The van der Waals surface area contributed by atoms with Crippen LogP contribution in [0, 0.1) is 0 Å². The summed E-state index contributed by atoms with van der Waals surface area (Å²) in [6.07, 6.45) is 11.4. The molecule has 0 fully saturated rings. The molecule has 4 heteroatoms. The fourth-order valence-electron chi connectivity index (χ4n) is 2.27. The van der Waals surface area contributed by atoms with E-state index < -0.39 is 0 Å². The van der Waals surface area contributed by atoms with Gasteiger partial charge in [-0.25, -0.2) is 4.79 Å². The molecule has 2 heterocycles. The summed E-state index contributed by atoms with van der Waals surface area (Å²) in [5, 5.41) is 8.23. The fraction of sp³-hybridized carbons (Fsp3) is 0.133. The van der Waals surface area contributed by atoms with Crippen LogP contribution in [0.3, 0.4) is 0 Å². The lowest BCUT2D eigenvalue weighted by Gasteiger charge is -2.17. The molecule has 2 aliphatic rings. The molecule has 0 atom stereocenters. The summed E-state index contributed by atoms with van der Waals surface area (Å²) in [5.74, 6) is -0.294. The molecule has 0 saturated carbocycles. The lowest BCUT2D eigenvalue weighted by molar-refractivity contribution is 0.0525. The number of anilines is 2. The molecule has 0 unspecified atom stereocenters. The molecular weight excluding hydrogens is 240 g/mol. The van der Waals surface area contributed by atoms with Crippen LogP contribution in [0.5, 0.6) is 0 Å². The highest BCUT2D eigenvalue weighted by atomic mass is 16.5. The summed E-state index contributed by atoms with van der Waals surface area (Å²) in [6.45, 7) is 2.18. The van der Waals surface area contributed by atoms with Crippen LogP contribution >= 0.6 is 0 Å². The summed E-state index contributed by atoms with van der Waals surface area (Å²) in [4.78, 5) is 12.1. The quantitative estimate of drug-likeness (QED) is 0.781. The van der Waals surface area contributed by atoms with Crippen molar-refractivity contribution in [2.75, 3.05) is 17.2 Å². The number of allylic oxidation sites excluding steroid dienone is 2. The van der Waals surface area contributed by atoms with Gasteiger partial charge in [0, 0.05) is 22.8 Å². The molecule has 0 saturated heterocycles. The predicted molar refractivity (Wildman–Crippen MR) is 76.1 cm³/mol. The molecule has 1 aromatic rings. The van der Waals surface area contributed by atoms with Crippen LogP contribution in [0.1, 0.15) is 17.3 Å². The van der Waals surface area contributed by atoms with Crippen molar-refractivity contribution < 1.29 is 9.53 Å². The third-order valence-corrected chi connectivity index (χ3v) is 3.08. The monoisotopic (exact) mass is 254 g/mol. The summed E-state index contributed by atoms with van der Waals surface area (Å²) in [6, 6.07) is 1.86. The van der Waals surface area contributed by atoms with E-state index in [2.05, 4.69) is 10.6 Å². The van der Waals surface area contributed by atoms with Crippen LogP contribution in [-0.2, 0) is 4.74 Å². The summed E-state index contributed by atoms with van der Waals surface area (Å²) in [7, 11) is 0. The molecule has 2 aliphatic heterocycles. The van der Waals surface area contributed by atoms with Gasteiger partial charge >= 0.3 is 5.97 Å².